The highest BCUT2D eigenvalue weighted by Crippen LogP contribution is 2.49. The molecular formula is C15H18BrNO3. The second kappa shape index (κ2) is 5.95. The van der Waals surface area contributed by atoms with Crippen molar-refractivity contribution in [2.24, 2.45) is 0 Å². The molecule has 0 unspecified atom stereocenters. The average molecular weight is 340 g/mol. The molecule has 0 heterocycles. The third-order valence-electron chi connectivity index (χ3n) is 3.77. The molecule has 5 heteroatoms. The van der Waals surface area contributed by atoms with Crippen molar-refractivity contribution in [2.45, 2.75) is 25.2 Å². The van der Waals surface area contributed by atoms with Crippen molar-refractivity contribution in [3.63, 3.8) is 0 Å². The van der Waals surface area contributed by atoms with E-state index in [-0.39, 0.29) is 18.4 Å². The number of amides is 1. The molecule has 0 aromatic heterocycles. The summed E-state index contributed by atoms with van der Waals surface area (Å²) in [4.78, 5) is 25.7. The zero-order chi connectivity index (χ0) is 14.8. The summed E-state index contributed by atoms with van der Waals surface area (Å²) in [6, 6.07) is 7.83. The fourth-order valence-corrected chi connectivity index (χ4v) is 2.63. The van der Waals surface area contributed by atoms with E-state index >= 15 is 0 Å². The van der Waals surface area contributed by atoms with Crippen LogP contribution in [-0.4, -0.2) is 37.0 Å². The Morgan fingerprint density at radius 3 is 2.35 bits per heavy atom. The van der Waals surface area contributed by atoms with E-state index in [1.165, 1.54) is 7.11 Å². The zero-order valence-electron chi connectivity index (χ0n) is 11.7. The molecule has 108 valence electrons. The van der Waals surface area contributed by atoms with E-state index in [9.17, 15) is 9.59 Å². The maximum Gasteiger partial charge on any atom is 0.325 e. The number of esters is 1. The van der Waals surface area contributed by atoms with Crippen molar-refractivity contribution in [3.8, 4) is 0 Å². The maximum atomic E-state index is 12.7. The van der Waals surface area contributed by atoms with Gasteiger partial charge in [-0.15, -0.1) is 0 Å². The van der Waals surface area contributed by atoms with Crippen LogP contribution < -0.4 is 0 Å². The van der Waals surface area contributed by atoms with Gasteiger partial charge in [0.15, 0.2) is 0 Å². The van der Waals surface area contributed by atoms with Gasteiger partial charge in [-0.2, -0.15) is 0 Å². The molecule has 1 amide bonds. The number of benzene rings is 1. The number of carbonyl (C=O) groups excluding carboxylic acids is 2. The minimum atomic E-state index is -0.440. The van der Waals surface area contributed by atoms with Crippen LogP contribution in [0.4, 0.5) is 0 Å². The quantitative estimate of drug-likeness (QED) is 0.774. The Kier molecular flexibility index (Phi) is 4.48. The third-order valence-corrected chi connectivity index (χ3v) is 4.30. The molecule has 0 aliphatic heterocycles. The van der Waals surface area contributed by atoms with Crippen molar-refractivity contribution in [3.05, 3.63) is 34.3 Å². The monoisotopic (exact) mass is 339 g/mol. The van der Waals surface area contributed by atoms with Crippen molar-refractivity contribution >= 4 is 27.8 Å². The molecular weight excluding hydrogens is 322 g/mol. The molecule has 1 aliphatic rings. The van der Waals surface area contributed by atoms with Gasteiger partial charge in [0.25, 0.3) is 0 Å². The zero-order valence-corrected chi connectivity index (χ0v) is 13.3. The number of likely N-dealkylation sites (N-methyl/N-ethyl adjacent to an activating group) is 1. The van der Waals surface area contributed by atoms with E-state index in [1.807, 2.05) is 31.2 Å². The van der Waals surface area contributed by atoms with E-state index in [2.05, 4.69) is 20.7 Å². The van der Waals surface area contributed by atoms with Gasteiger partial charge in [0, 0.05) is 11.0 Å². The van der Waals surface area contributed by atoms with Gasteiger partial charge in [-0.3, -0.25) is 9.59 Å². The molecule has 0 bridgehead atoms. The Labute approximate surface area is 127 Å². The average Bonchev–Trinajstić information content (AvgIpc) is 3.26. The predicted octanol–water partition coefficient (Wildman–Crippen LogP) is 2.50. The van der Waals surface area contributed by atoms with Crippen LogP contribution in [0.25, 0.3) is 0 Å². The van der Waals surface area contributed by atoms with E-state index in [1.54, 1.807) is 4.90 Å². The van der Waals surface area contributed by atoms with Gasteiger partial charge in [0.1, 0.15) is 6.54 Å². The first kappa shape index (κ1) is 15.0. The minimum absolute atomic E-state index is 0.0180. The topological polar surface area (TPSA) is 46.6 Å². The second-order valence-corrected chi connectivity index (χ2v) is 5.90. The van der Waals surface area contributed by atoms with Gasteiger partial charge in [0.2, 0.25) is 5.91 Å². The number of halogens is 1. The molecule has 0 N–H and O–H groups in total. The van der Waals surface area contributed by atoms with Crippen LogP contribution in [0.5, 0.6) is 0 Å². The van der Waals surface area contributed by atoms with Crippen LogP contribution in [0, 0.1) is 0 Å². The van der Waals surface area contributed by atoms with Crippen molar-refractivity contribution in [1.82, 2.24) is 4.90 Å². The van der Waals surface area contributed by atoms with Crippen LogP contribution in [0.2, 0.25) is 0 Å². The summed E-state index contributed by atoms with van der Waals surface area (Å²) in [7, 11) is 1.34. The van der Waals surface area contributed by atoms with Crippen LogP contribution in [0.15, 0.2) is 28.7 Å². The Bertz CT molecular complexity index is 508. The summed E-state index contributed by atoms with van der Waals surface area (Å²) in [5.41, 5.74) is 0.582. The molecule has 1 aromatic rings. The van der Waals surface area contributed by atoms with Gasteiger partial charge in [-0.25, -0.2) is 0 Å². The Morgan fingerprint density at radius 2 is 1.90 bits per heavy atom. The molecule has 0 radical (unpaired) electrons. The van der Waals surface area contributed by atoms with Gasteiger partial charge in [0.05, 0.1) is 12.5 Å². The summed E-state index contributed by atoms with van der Waals surface area (Å²) in [6.45, 7) is 2.40. The van der Waals surface area contributed by atoms with Gasteiger partial charge in [-0.1, -0.05) is 28.1 Å². The molecule has 1 saturated carbocycles. The highest BCUT2D eigenvalue weighted by atomic mass is 79.9. The Balaban J connectivity index is 2.18. The lowest BCUT2D eigenvalue weighted by molar-refractivity contribution is -0.147. The SMILES string of the molecule is CCN(CC(=O)OC)C(=O)C1(c2ccc(Br)cc2)CC1. The lowest BCUT2D eigenvalue weighted by atomic mass is 9.94. The standard InChI is InChI=1S/C15H18BrNO3/c1-3-17(10-13(18)20-2)14(19)15(8-9-15)11-4-6-12(16)7-5-11/h4-7H,3,8-10H2,1-2H3. The molecule has 0 spiro atoms. The second-order valence-electron chi connectivity index (χ2n) is 4.98. The summed E-state index contributed by atoms with van der Waals surface area (Å²) in [5, 5.41) is 0. The highest BCUT2D eigenvalue weighted by Gasteiger charge is 2.52. The summed E-state index contributed by atoms with van der Waals surface area (Å²) >= 11 is 3.40. The molecule has 2 rings (SSSR count). The van der Waals surface area contributed by atoms with Crippen molar-refractivity contribution in [1.29, 1.82) is 0 Å². The first-order chi connectivity index (χ1) is 9.53. The number of ether oxygens (including phenoxy) is 1. The molecule has 1 aromatic carbocycles. The first-order valence-corrected chi connectivity index (χ1v) is 7.45. The number of hydrogen-bond donors (Lipinski definition) is 0. The Hall–Kier alpha value is -1.36. The molecule has 1 aliphatic carbocycles. The first-order valence-electron chi connectivity index (χ1n) is 6.65. The normalized spacial score (nSPS) is 15.6. The van der Waals surface area contributed by atoms with Crippen LogP contribution in [0.3, 0.4) is 0 Å². The van der Waals surface area contributed by atoms with Gasteiger partial charge in [-0.05, 0) is 37.5 Å². The van der Waals surface area contributed by atoms with Crippen LogP contribution in [-0.2, 0) is 19.7 Å². The third kappa shape index (κ3) is 2.87. The van der Waals surface area contributed by atoms with E-state index in [0.717, 1.165) is 22.9 Å². The van der Waals surface area contributed by atoms with Gasteiger partial charge < -0.3 is 9.64 Å². The minimum Gasteiger partial charge on any atom is -0.468 e. The largest absolute Gasteiger partial charge is 0.468 e. The van der Waals surface area contributed by atoms with Crippen LogP contribution >= 0.6 is 15.9 Å². The molecule has 0 atom stereocenters. The number of methoxy groups -OCH3 is 1. The summed E-state index contributed by atoms with van der Waals surface area (Å²) in [5.74, 6) is -0.362. The van der Waals surface area contributed by atoms with E-state index in [0.29, 0.717) is 6.54 Å². The van der Waals surface area contributed by atoms with E-state index in [4.69, 9.17) is 0 Å². The molecule has 4 nitrogen and oxygen atoms in total. The Morgan fingerprint density at radius 1 is 1.30 bits per heavy atom. The summed E-state index contributed by atoms with van der Waals surface area (Å²) in [6.07, 6.45) is 1.68. The number of hydrogen-bond acceptors (Lipinski definition) is 3. The van der Waals surface area contributed by atoms with Crippen molar-refractivity contribution in [2.75, 3.05) is 20.2 Å². The molecule has 20 heavy (non-hydrogen) atoms. The fraction of sp³-hybridized carbons (Fsp3) is 0.467. The molecule has 1 fully saturated rings. The lowest BCUT2D eigenvalue weighted by Gasteiger charge is -2.25. The van der Waals surface area contributed by atoms with Gasteiger partial charge >= 0.3 is 5.97 Å². The maximum absolute atomic E-state index is 12.7. The number of carbonyl (C=O) groups is 2. The number of rotatable bonds is 5. The van der Waals surface area contributed by atoms with Crippen molar-refractivity contribution < 1.29 is 14.3 Å². The lowest BCUT2D eigenvalue weighted by Crippen LogP contribution is -2.42. The smallest absolute Gasteiger partial charge is 0.325 e. The number of nitrogens with zero attached hydrogens (tertiary/aromatic N) is 1. The van der Waals surface area contributed by atoms with E-state index < -0.39 is 5.41 Å². The highest BCUT2D eigenvalue weighted by molar-refractivity contribution is 9.10. The van der Waals surface area contributed by atoms with Crippen LogP contribution in [0.1, 0.15) is 25.3 Å². The molecule has 0 saturated heterocycles. The predicted molar refractivity (Wildman–Crippen MR) is 79.3 cm³/mol. The fourth-order valence-electron chi connectivity index (χ4n) is 2.37. The summed E-state index contributed by atoms with van der Waals surface area (Å²) < 4.78 is 5.64.